The van der Waals surface area contributed by atoms with Gasteiger partial charge in [0.1, 0.15) is 5.76 Å². The molecule has 1 heterocycles. The number of rotatable bonds is 8. The third kappa shape index (κ3) is 5.23. The molecule has 0 unspecified atom stereocenters. The zero-order valence-corrected chi connectivity index (χ0v) is 15.7. The Morgan fingerprint density at radius 1 is 0.964 bits per heavy atom. The first-order valence-electron chi connectivity index (χ1n) is 9.16. The van der Waals surface area contributed by atoms with Crippen LogP contribution in [0.2, 0.25) is 0 Å². The molecule has 2 aromatic carbocycles. The molecule has 0 spiro atoms. The van der Waals surface area contributed by atoms with Crippen LogP contribution in [0.15, 0.2) is 77.4 Å². The lowest BCUT2D eigenvalue weighted by atomic mass is 10.2. The Morgan fingerprint density at radius 2 is 1.71 bits per heavy atom. The van der Waals surface area contributed by atoms with Crippen LogP contribution in [0.5, 0.6) is 0 Å². The summed E-state index contributed by atoms with van der Waals surface area (Å²) in [5, 5.41) is 5.66. The Hall–Kier alpha value is -3.54. The van der Waals surface area contributed by atoms with E-state index in [-0.39, 0.29) is 18.4 Å². The molecule has 144 valence electrons. The van der Waals surface area contributed by atoms with Crippen molar-refractivity contribution in [1.29, 1.82) is 0 Å². The molecule has 0 aliphatic heterocycles. The van der Waals surface area contributed by atoms with E-state index in [9.17, 15) is 9.59 Å². The van der Waals surface area contributed by atoms with Crippen LogP contribution in [0, 0.1) is 0 Å². The molecule has 0 fully saturated rings. The van der Waals surface area contributed by atoms with Gasteiger partial charge in [-0.25, -0.2) is 0 Å². The molecular weight excluding hydrogens is 354 g/mol. The first-order chi connectivity index (χ1) is 13.7. The SMILES string of the molecule is CCN(CC(=O)Nc1ccc(C(=O)NCc2ccco2)cc1)c1ccccc1. The molecule has 0 bridgehead atoms. The second kappa shape index (κ2) is 9.41. The van der Waals surface area contributed by atoms with Crippen LogP contribution >= 0.6 is 0 Å². The van der Waals surface area contributed by atoms with Gasteiger partial charge in [-0.1, -0.05) is 18.2 Å². The number of carbonyl (C=O) groups excluding carboxylic acids is 2. The predicted molar refractivity (Wildman–Crippen MR) is 109 cm³/mol. The number of nitrogens with one attached hydrogen (secondary N) is 2. The summed E-state index contributed by atoms with van der Waals surface area (Å²) < 4.78 is 5.19. The average Bonchev–Trinajstić information content (AvgIpc) is 3.25. The second-order valence-corrected chi connectivity index (χ2v) is 6.24. The van der Waals surface area contributed by atoms with E-state index in [4.69, 9.17) is 4.42 Å². The number of anilines is 2. The number of amides is 2. The van der Waals surface area contributed by atoms with Crippen molar-refractivity contribution in [3.63, 3.8) is 0 Å². The Morgan fingerprint density at radius 3 is 2.36 bits per heavy atom. The van der Waals surface area contributed by atoms with Crippen LogP contribution in [0.3, 0.4) is 0 Å². The Labute approximate surface area is 164 Å². The number of para-hydroxylation sites is 1. The summed E-state index contributed by atoms with van der Waals surface area (Å²) in [6.07, 6.45) is 1.57. The smallest absolute Gasteiger partial charge is 0.251 e. The van der Waals surface area contributed by atoms with Crippen LogP contribution in [0.1, 0.15) is 23.0 Å². The summed E-state index contributed by atoms with van der Waals surface area (Å²) in [4.78, 5) is 26.5. The van der Waals surface area contributed by atoms with Crippen molar-refractivity contribution in [2.24, 2.45) is 0 Å². The first kappa shape index (κ1) is 19.2. The summed E-state index contributed by atoms with van der Waals surface area (Å²) in [7, 11) is 0. The molecule has 0 radical (unpaired) electrons. The number of carbonyl (C=O) groups is 2. The van der Waals surface area contributed by atoms with Gasteiger partial charge in [0.25, 0.3) is 5.91 Å². The minimum Gasteiger partial charge on any atom is -0.467 e. The van der Waals surface area contributed by atoms with Crippen molar-refractivity contribution in [3.8, 4) is 0 Å². The molecule has 0 aliphatic carbocycles. The molecule has 6 heteroatoms. The standard InChI is InChI=1S/C22H23N3O3/c1-2-25(19-7-4-3-5-8-19)16-21(26)24-18-12-10-17(11-13-18)22(27)23-15-20-9-6-14-28-20/h3-14H,2,15-16H2,1H3,(H,23,27)(H,24,26). The van der Waals surface area contributed by atoms with Crippen LogP contribution in [-0.4, -0.2) is 24.9 Å². The predicted octanol–water partition coefficient (Wildman–Crippen LogP) is 3.67. The van der Waals surface area contributed by atoms with Crippen LogP contribution < -0.4 is 15.5 Å². The van der Waals surface area contributed by atoms with E-state index in [1.165, 1.54) is 0 Å². The van der Waals surface area contributed by atoms with Gasteiger partial charge in [-0.2, -0.15) is 0 Å². The Balaban J connectivity index is 1.53. The van der Waals surface area contributed by atoms with Gasteiger partial charge in [0.15, 0.2) is 0 Å². The monoisotopic (exact) mass is 377 g/mol. The summed E-state index contributed by atoms with van der Waals surface area (Å²) >= 11 is 0. The molecule has 2 N–H and O–H groups in total. The third-order valence-electron chi connectivity index (χ3n) is 4.27. The van der Waals surface area contributed by atoms with Gasteiger partial charge in [0.05, 0.1) is 19.4 Å². The van der Waals surface area contributed by atoms with Gasteiger partial charge in [-0.3, -0.25) is 9.59 Å². The van der Waals surface area contributed by atoms with Crippen molar-refractivity contribution < 1.29 is 14.0 Å². The van der Waals surface area contributed by atoms with Gasteiger partial charge in [-0.15, -0.1) is 0 Å². The number of benzene rings is 2. The summed E-state index contributed by atoms with van der Waals surface area (Å²) in [5.74, 6) is 0.382. The van der Waals surface area contributed by atoms with Crippen molar-refractivity contribution in [2.75, 3.05) is 23.3 Å². The highest BCUT2D eigenvalue weighted by Crippen LogP contribution is 2.14. The van der Waals surface area contributed by atoms with Gasteiger partial charge in [-0.05, 0) is 55.5 Å². The van der Waals surface area contributed by atoms with Gasteiger partial charge >= 0.3 is 0 Å². The zero-order valence-electron chi connectivity index (χ0n) is 15.7. The number of furan rings is 1. The van der Waals surface area contributed by atoms with Gasteiger partial charge in [0.2, 0.25) is 5.91 Å². The average molecular weight is 377 g/mol. The second-order valence-electron chi connectivity index (χ2n) is 6.24. The van der Waals surface area contributed by atoms with E-state index in [1.807, 2.05) is 42.2 Å². The summed E-state index contributed by atoms with van der Waals surface area (Å²) in [5.41, 5.74) is 2.17. The van der Waals surface area contributed by atoms with Crippen molar-refractivity contribution in [2.45, 2.75) is 13.5 Å². The number of likely N-dealkylation sites (N-methyl/N-ethyl adjacent to an activating group) is 1. The van der Waals surface area contributed by atoms with Crippen LogP contribution in [-0.2, 0) is 11.3 Å². The maximum atomic E-state index is 12.4. The number of hydrogen-bond acceptors (Lipinski definition) is 4. The van der Waals surface area contributed by atoms with Gasteiger partial charge < -0.3 is 20.0 Å². The fourth-order valence-corrected chi connectivity index (χ4v) is 2.79. The summed E-state index contributed by atoms with van der Waals surface area (Å²) in [6.45, 7) is 3.32. The fourth-order valence-electron chi connectivity index (χ4n) is 2.79. The Kier molecular flexibility index (Phi) is 6.46. The largest absolute Gasteiger partial charge is 0.467 e. The maximum Gasteiger partial charge on any atom is 0.251 e. The molecule has 0 saturated carbocycles. The van der Waals surface area contributed by atoms with Crippen molar-refractivity contribution in [1.82, 2.24) is 5.32 Å². The number of nitrogens with zero attached hydrogens (tertiary/aromatic N) is 1. The lowest BCUT2D eigenvalue weighted by molar-refractivity contribution is -0.115. The highest BCUT2D eigenvalue weighted by molar-refractivity contribution is 5.96. The molecule has 2 amide bonds. The molecule has 3 rings (SSSR count). The van der Waals surface area contributed by atoms with E-state index < -0.39 is 0 Å². The molecule has 3 aromatic rings. The van der Waals surface area contributed by atoms with Gasteiger partial charge in [0, 0.05) is 23.5 Å². The first-order valence-corrected chi connectivity index (χ1v) is 9.16. The highest BCUT2D eigenvalue weighted by Gasteiger charge is 2.11. The highest BCUT2D eigenvalue weighted by atomic mass is 16.3. The lowest BCUT2D eigenvalue weighted by Gasteiger charge is -2.22. The zero-order chi connectivity index (χ0) is 19.8. The minimum atomic E-state index is -0.199. The Bertz CT molecular complexity index is 891. The van der Waals surface area contributed by atoms with E-state index in [2.05, 4.69) is 10.6 Å². The third-order valence-corrected chi connectivity index (χ3v) is 4.27. The van der Waals surface area contributed by atoms with E-state index in [0.717, 1.165) is 12.2 Å². The van der Waals surface area contributed by atoms with E-state index in [0.29, 0.717) is 23.6 Å². The molecule has 6 nitrogen and oxygen atoms in total. The van der Waals surface area contributed by atoms with E-state index in [1.54, 1.807) is 42.7 Å². The van der Waals surface area contributed by atoms with Crippen molar-refractivity contribution in [3.05, 3.63) is 84.3 Å². The molecule has 0 aliphatic rings. The quantitative estimate of drug-likeness (QED) is 0.628. The van der Waals surface area contributed by atoms with Crippen molar-refractivity contribution >= 4 is 23.2 Å². The molecule has 0 saturated heterocycles. The molecule has 0 atom stereocenters. The minimum absolute atomic E-state index is 0.110. The molecule has 28 heavy (non-hydrogen) atoms. The normalized spacial score (nSPS) is 10.3. The molecular formula is C22H23N3O3. The topological polar surface area (TPSA) is 74.6 Å². The summed E-state index contributed by atoms with van der Waals surface area (Å²) in [6, 6.07) is 20.2. The fraction of sp³-hybridized carbons (Fsp3) is 0.182. The van der Waals surface area contributed by atoms with E-state index >= 15 is 0 Å². The lowest BCUT2D eigenvalue weighted by Crippen LogP contribution is -2.33. The van der Waals surface area contributed by atoms with Crippen LogP contribution in [0.25, 0.3) is 0 Å². The maximum absolute atomic E-state index is 12.4. The molecule has 1 aromatic heterocycles. The van der Waals surface area contributed by atoms with Crippen LogP contribution in [0.4, 0.5) is 11.4 Å². The number of hydrogen-bond donors (Lipinski definition) is 2.